The van der Waals surface area contributed by atoms with Gasteiger partial charge in [-0.05, 0) is 44.2 Å². The minimum absolute atomic E-state index is 0.0104. The molecular formula is C17H16ClNO2. The van der Waals surface area contributed by atoms with Crippen molar-refractivity contribution in [3.05, 3.63) is 70.2 Å². The van der Waals surface area contributed by atoms with E-state index < -0.39 is 0 Å². The summed E-state index contributed by atoms with van der Waals surface area (Å²) in [7, 11) is 0. The van der Waals surface area contributed by atoms with Crippen molar-refractivity contribution in [3.8, 4) is 0 Å². The number of carbonyl (C=O) groups excluding carboxylic acids is 2. The van der Waals surface area contributed by atoms with E-state index in [4.69, 9.17) is 11.6 Å². The van der Waals surface area contributed by atoms with Crippen molar-refractivity contribution in [3.63, 3.8) is 0 Å². The Hall–Kier alpha value is -2.13. The lowest BCUT2D eigenvalue weighted by Crippen LogP contribution is -2.31. The molecule has 2 aromatic carbocycles. The largest absolute Gasteiger partial charge is 0.350 e. The number of carbonyl (C=O) groups is 2. The highest BCUT2D eigenvalue weighted by molar-refractivity contribution is 6.30. The summed E-state index contributed by atoms with van der Waals surface area (Å²) in [5.41, 5.74) is 1.27. The topological polar surface area (TPSA) is 46.2 Å². The molecule has 0 fully saturated rings. The van der Waals surface area contributed by atoms with Crippen molar-refractivity contribution < 1.29 is 9.59 Å². The lowest BCUT2D eigenvalue weighted by Gasteiger charge is -2.11. The summed E-state index contributed by atoms with van der Waals surface area (Å²) in [5, 5.41) is 3.37. The Morgan fingerprint density at radius 3 is 2.10 bits per heavy atom. The SMILES string of the molecule is CC(C)NC(=O)c1ccccc1C(=O)c1ccc(Cl)cc1. The highest BCUT2D eigenvalue weighted by Crippen LogP contribution is 2.17. The van der Waals surface area contributed by atoms with E-state index in [1.807, 2.05) is 13.8 Å². The van der Waals surface area contributed by atoms with Crippen LogP contribution in [-0.2, 0) is 0 Å². The second kappa shape index (κ2) is 6.55. The molecule has 4 heteroatoms. The highest BCUT2D eigenvalue weighted by Gasteiger charge is 2.18. The minimum atomic E-state index is -0.247. The van der Waals surface area contributed by atoms with E-state index in [0.29, 0.717) is 21.7 Å². The summed E-state index contributed by atoms with van der Waals surface area (Å²) in [5.74, 6) is -0.441. The van der Waals surface area contributed by atoms with Crippen LogP contribution in [0, 0.1) is 0 Å². The van der Waals surface area contributed by atoms with Gasteiger partial charge in [0.25, 0.3) is 5.91 Å². The summed E-state index contributed by atoms with van der Waals surface area (Å²) >= 11 is 5.83. The molecular weight excluding hydrogens is 286 g/mol. The Morgan fingerprint density at radius 2 is 1.52 bits per heavy atom. The fourth-order valence-electron chi connectivity index (χ4n) is 1.98. The van der Waals surface area contributed by atoms with E-state index in [0.717, 1.165) is 0 Å². The van der Waals surface area contributed by atoms with Crippen molar-refractivity contribution >= 4 is 23.3 Å². The normalized spacial score (nSPS) is 10.5. The maximum Gasteiger partial charge on any atom is 0.252 e. The molecule has 0 heterocycles. The molecule has 0 aliphatic rings. The molecule has 0 aliphatic heterocycles. The molecule has 0 spiro atoms. The van der Waals surface area contributed by atoms with Crippen molar-refractivity contribution in [2.24, 2.45) is 0 Å². The van der Waals surface area contributed by atoms with E-state index in [2.05, 4.69) is 5.32 Å². The number of nitrogens with one attached hydrogen (secondary N) is 1. The molecule has 0 saturated carbocycles. The number of rotatable bonds is 4. The monoisotopic (exact) mass is 301 g/mol. The maximum atomic E-state index is 12.5. The lowest BCUT2D eigenvalue weighted by molar-refractivity contribution is 0.0932. The van der Waals surface area contributed by atoms with Gasteiger partial charge >= 0.3 is 0 Å². The Kier molecular flexibility index (Phi) is 4.76. The standard InChI is InChI=1S/C17H16ClNO2/c1-11(2)19-17(21)15-6-4-3-5-14(15)16(20)12-7-9-13(18)10-8-12/h3-11H,1-2H3,(H,19,21). The van der Waals surface area contributed by atoms with Crippen molar-refractivity contribution in [1.82, 2.24) is 5.32 Å². The third-order valence-electron chi connectivity index (χ3n) is 2.94. The summed E-state index contributed by atoms with van der Waals surface area (Å²) in [4.78, 5) is 24.7. The quantitative estimate of drug-likeness (QED) is 0.875. The number of benzene rings is 2. The van der Waals surface area contributed by atoms with E-state index in [-0.39, 0.29) is 17.7 Å². The number of amides is 1. The zero-order valence-electron chi connectivity index (χ0n) is 11.9. The lowest BCUT2D eigenvalue weighted by atomic mass is 9.98. The Morgan fingerprint density at radius 1 is 0.952 bits per heavy atom. The van der Waals surface area contributed by atoms with E-state index in [1.54, 1.807) is 48.5 Å². The van der Waals surface area contributed by atoms with Gasteiger partial charge in [-0.25, -0.2) is 0 Å². The Balaban J connectivity index is 2.37. The summed E-state index contributed by atoms with van der Waals surface area (Å²) in [6.45, 7) is 3.75. The van der Waals surface area contributed by atoms with E-state index in [9.17, 15) is 9.59 Å². The van der Waals surface area contributed by atoms with Crippen LogP contribution in [-0.4, -0.2) is 17.7 Å². The van der Waals surface area contributed by atoms with E-state index >= 15 is 0 Å². The number of hydrogen-bond acceptors (Lipinski definition) is 2. The molecule has 0 atom stereocenters. The second-order valence-electron chi connectivity index (χ2n) is 5.01. The van der Waals surface area contributed by atoms with Crippen LogP contribution in [0.4, 0.5) is 0 Å². The molecule has 2 aromatic rings. The third-order valence-corrected chi connectivity index (χ3v) is 3.19. The molecule has 108 valence electrons. The number of ketones is 1. The van der Waals surface area contributed by atoms with Gasteiger partial charge in [0.05, 0.1) is 5.56 Å². The van der Waals surface area contributed by atoms with Gasteiger partial charge in [0.2, 0.25) is 0 Å². The van der Waals surface area contributed by atoms with Crippen LogP contribution in [0.15, 0.2) is 48.5 Å². The molecule has 21 heavy (non-hydrogen) atoms. The first kappa shape index (κ1) is 15.3. The van der Waals surface area contributed by atoms with Gasteiger partial charge < -0.3 is 5.32 Å². The fourth-order valence-corrected chi connectivity index (χ4v) is 2.10. The van der Waals surface area contributed by atoms with E-state index in [1.165, 1.54) is 0 Å². The molecule has 0 aliphatic carbocycles. The van der Waals surface area contributed by atoms with Crippen LogP contribution in [0.3, 0.4) is 0 Å². The van der Waals surface area contributed by atoms with Gasteiger partial charge in [-0.2, -0.15) is 0 Å². The number of halogens is 1. The highest BCUT2D eigenvalue weighted by atomic mass is 35.5. The van der Waals surface area contributed by atoms with Crippen molar-refractivity contribution in [2.45, 2.75) is 19.9 Å². The Labute approximate surface area is 128 Å². The minimum Gasteiger partial charge on any atom is -0.350 e. The zero-order chi connectivity index (χ0) is 15.4. The fraction of sp³-hybridized carbons (Fsp3) is 0.176. The van der Waals surface area contributed by atoms with Crippen molar-refractivity contribution in [2.75, 3.05) is 0 Å². The van der Waals surface area contributed by atoms with Crippen LogP contribution >= 0.6 is 11.6 Å². The summed E-state index contributed by atoms with van der Waals surface area (Å²) in [6, 6.07) is 13.4. The number of hydrogen-bond donors (Lipinski definition) is 1. The average Bonchev–Trinajstić information content (AvgIpc) is 2.46. The Bertz CT molecular complexity index is 663. The molecule has 2 rings (SSSR count). The van der Waals surface area contributed by atoms with Crippen LogP contribution in [0.5, 0.6) is 0 Å². The first-order valence-corrected chi connectivity index (χ1v) is 7.07. The summed E-state index contributed by atoms with van der Waals surface area (Å²) in [6.07, 6.45) is 0. The van der Waals surface area contributed by atoms with Crippen molar-refractivity contribution in [1.29, 1.82) is 0 Å². The molecule has 1 N–H and O–H groups in total. The smallest absolute Gasteiger partial charge is 0.252 e. The van der Waals surface area contributed by atoms with Gasteiger partial charge in [0.1, 0.15) is 0 Å². The van der Waals surface area contributed by atoms with Crippen LogP contribution < -0.4 is 5.32 Å². The first-order valence-electron chi connectivity index (χ1n) is 6.69. The van der Waals surface area contributed by atoms with Gasteiger partial charge in [0.15, 0.2) is 5.78 Å². The van der Waals surface area contributed by atoms with Crippen LogP contribution in [0.25, 0.3) is 0 Å². The predicted octanol–water partition coefficient (Wildman–Crippen LogP) is 3.71. The van der Waals surface area contributed by atoms with Gasteiger partial charge in [-0.15, -0.1) is 0 Å². The molecule has 3 nitrogen and oxygen atoms in total. The van der Waals surface area contributed by atoms with Crippen LogP contribution in [0.2, 0.25) is 5.02 Å². The van der Waals surface area contributed by atoms with Gasteiger partial charge in [0, 0.05) is 22.2 Å². The maximum absolute atomic E-state index is 12.5. The molecule has 1 amide bonds. The molecule has 0 unspecified atom stereocenters. The average molecular weight is 302 g/mol. The van der Waals surface area contributed by atoms with Gasteiger partial charge in [-0.1, -0.05) is 29.8 Å². The second-order valence-corrected chi connectivity index (χ2v) is 5.45. The molecule has 0 radical (unpaired) electrons. The molecule has 0 bridgehead atoms. The van der Waals surface area contributed by atoms with Gasteiger partial charge in [-0.3, -0.25) is 9.59 Å². The zero-order valence-corrected chi connectivity index (χ0v) is 12.6. The molecule has 0 aromatic heterocycles. The first-order chi connectivity index (χ1) is 9.99. The predicted molar refractivity (Wildman–Crippen MR) is 83.9 cm³/mol. The molecule has 0 saturated heterocycles. The third kappa shape index (κ3) is 3.70. The summed E-state index contributed by atoms with van der Waals surface area (Å²) < 4.78 is 0. The van der Waals surface area contributed by atoms with Crippen LogP contribution in [0.1, 0.15) is 40.1 Å².